The summed E-state index contributed by atoms with van der Waals surface area (Å²) in [4.78, 5) is 13.1. The second-order valence-electron chi connectivity index (χ2n) is 3.16. The van der Waals surface area contributed by atoms with Crippen LogP contribution in [0.5, 0.6) is 0 Å². The maximum absolute atomic E-state index is 11.3. The number of nitrogens with one attached hydrogen (secondary N) is 1. The van der Waals surface area contributed by atoms with E-state index in [4.69, 9.17) is 5.73 Å². The summed E-state index contributed by atoms with van der Waals surface area (Å²) in [6, 6.07) is 0. The van der Waals surface area contributed by atoms with Gasteiger partial charge in [-0.2, -0.15) is 0 Å². The van der Waals surface area contributed by atoms with Crippen LogP contribution in [0.15, 0.2) is 0 Å². The Morgan fingerprint density at radius 1 is 1.46 bits per heavy atom. The first-order valence-electron chi connectivity index (χ1n) is 4.81. The molecule has 4 nitrogen and oxygen atoms in total. The van der Waals surface area contributed by atoms with E-state index < -0.39 is 0 Å². The van der Waals surface area contributed by atoms with Crippen LogP contribution in [0.4, 0.5) is 0 Å². The van der Waals surface area contributed by atoms with Gasteiger partial charge in [0, 0.05) is 20.0 Å². The van der Waals surface area contributed by atoms with Gasteiger partial charge in [-0.05, 0) is 33.0 Å². The summed E-state index contributed by atoms with van der Waals surface area (Å²) in [5, 5.41) is 3.05. The van der Waals surface area contributed by atoms with Crippen molar-refractivity contribution < 1.29 is 4.79 Å². The average molecular weight is 187 g/mol. The van der Waals surface area contributed by atoms with Crippen LogP contribution in [0.3, 0.4) is 0 Å². The van der Waals surface area contributed by atoms with E-state index in [0.29, 0.717) is 13.0 Å². The highest BCUT2D eigenvalue weighted by Crippen LogP contribution is 1.95. The maximum atomic E-state index is 11.3. The maximum Gasteiger partial charge on any atom is 0.222 e. The molecule has 0 aromatic carbocycles. The summed E-state index contributed by atoms with van der Waals surface area (Å²) in [7, 11) is 3.75. The van der Waals surface area contributed by atoms with Crippen LogP contribution >= 0.6 is 0 Å². The van der Waals surface area contributed by atoms with Crippen molar-refractivity contribution in [3.05, 3.63) is 0 Å². The molecule has 3 N–H and O–H groups in total. The third-order valence-corrected chi connectivity index (χ3v) is 1.94. The molecule has 0 aliphatic rings. The van der Waals surface area contributed by atoms with Gasteiger partial charge in [0.05, 0.1) is 0 Å². The second-order valence-corrected chi connectivity index (χ2v) is 3.16. The lowest BCUT2D eigenvalue weighted by Crippen LogP contribution is -2.29. The van der Waals surface area contributed by atoms with E-state index in [1.54, 1.807) is 4.90 Å². The average Bonchev–Trinajstić information content (AvgIpc) is 2.14. The van der Waals surface area contributed by atoms with Gasteiger partial charge in [0.2, 0.25) is 5.91 Å². The SMILES string of the molecule is CNCCCN(C)C(=O)CCCN. The lowest BCUT2D eigenvalue weighted by molar-refractivity contribution is -0.130. The zero-order valence-electron chi connectivity index (χ0n) is 8.68. The molecular weight excluding hydrogens is 166 g/mol. The van der Waals surface area contributed by atoms with Crippen molar-refractivity contribution in [1.29, 1.82) is 0 Å². The minimum absolute atomic E-state index is 0.196. The number of rotatable bonds is 7. The minimum Gasteiger partial charge on any atom is -0.346 e. The molecule has 0 aliphatic heterocycles. The number of nitrogens with zero attached hydrogens (tertiary/aromatic N) is 1. The third kappa shape index (κ3) is 6.54. The van der Waals surface area contributed by atoms with E-state index in [1.807, 2.05) is 14.1 Å². The largest absolute Gasteiger partial charge is 0.346 e. The van der Waals surface area contributed by atoms with Crippen LogP contribution in [0, 0.1) is 0 Å². The number of carbonyl (C=O) groups excluding carboxylic acids is 1. The van der Waals surface area contributed by atoms with Crippen LogP contribution < -0.4 is 11.1 Å². The van der Waals surface area contributed by atoms with Gasteiger partial charge in [-0.1, -0.05) is 0 Å². The first-order chi connectivity index (χ1) is 6.22. The lowest BCUT2D eigenvalue weighted by atomic mass is 10.2. The Morgan fingerprint density at radius 3 is 2.69 bits per heavy atom. The molecule has 0 radical (unpaired) electrons. The highest BCUT2D eigenvalue weighted by molar-refractivity contribution is 5.75. The molecule has 0 atom stereocenters. The number of amides is 1. The monoisotopic (exact) mass is 187 g/mol. The van der Waals surface area contributed by atoms with Gasteiger partial charge in [-0.3, -0.25) is 4.79 Å². The Morgan fingerprint density at radius 2 is 2.15 bits per heavy atom. The fraction of sp³-hybridized carbons (Fsp3) is 0.889. The zero-order chi connectivity index (χ0) is 10.1. The van der Waals surface area contributed by atoms with Crippen LogP contribution in [-0.4, -0.2) is 44.5 Å². The van der Waals surface area contributed by atoms with E-state index in [0.717, 1.165) is 25.9 Å². The molecule has 0 heterocycles. The Hall–Kier alpha value is -0.610. The van der Waals surface area contributed by atoms with Crippen molar-refractivity contribution in [1.82, 2.24) is 10.2 Å². The number of carbonyl (C=O) groups is 1. The topological polar surface area (TPSA) is 58.4 Å². The van der Waals surface area contributed by atoms with Gasteiger partial charge in [-0.25, -0.2) is 0 Å². The zero-order valence-corrected chi connectivity index (χ0v) is 8.68. The summed E-state index contributed by atoms with van der Waals surface area (Å²) < 4.78 is 0. The quantitative estimate of drug-likeness (QED) is 0.542. The summed E-state index contributed by atoms with van der Waals surface area (Å²) in [6.45, 7) is 2.37. The molecule has 0 saturated carbocycles. The fourth-order valence-corrected chi connectivity index (χ4v) is 1.06. The van der Waals surface area contributed by atoms with Gasteiger partial charge < -0.3 is 16.0 Å². The molecule has 0 saturated heterocycles. The van der Waals surface area contributed by atoms with E-state index in [9.17, 15) is 4.79 Å². The molecular formula is C9H21N3O. The van der Waals surface area contributed by atoms with Crippen LogP contribution in [0.2, 0.25) is 0 Å². The highest BCUT2D eigenvalue weighted by atomic mass is 16.2. The van der Waals surface area contributed by atoms with Gasteiger partial charge in [0.25, 0.3) is 0 Å². The molecule has 0 aromatic heterocycles. The van der Waals surface area contributed by atoms with E-state index in [2.05, 4.69) is 5.32 Å². The Balaban J connectivity index is 3.45. The number of nitrogens with two attached hydrogens (primary N) is 1. The molecule has 0 spiro atoms. The Kier molecular flexibility index (Phi) is 7.63. The molecule has 0 aromatic rings. The Bertz CT molecular complexity index is 139. The molecule has 0 bridgehead atoms. The third-order valence-electron chi connectivity index (χ3n) is 1.94. The Labute approximate surface area is 80.5 Å². The molecule has 0 aliphatic carbocycles. The van der Waals surface area contributed by atoms with Gasteiger partial charge in [-0.15, -0.1) is 0 Å². The lowest BCUT2D eigenvalue weighted by Gasteiger charge is -2.16. The fourth-order valence-electron chi connectivity index (χ4n) is 1.06. The summed E-state index contributed by atoms with van der Waals surface area (Å²) >= 11 is 0. The molecule has 0 fully saturated rings. The molecule has 13 heavy (non-hydrogen) atoms. The van der Waals surface area contributed by atoms with Crippen molar-refractivity contribution in [3.63, 3.8) is 0 Å². The van der Waals surface area contributed by atoms with Crippen LogP contribution in [0.1, 0.15) is 19.3 Å². The summed E-state index contributed by atoms with van der Waals surface area (Å²) in [5.41, 5.74) is 5.32. The predicted octanol–water partition coefficient (Wildman–Crippen LogP) is -0.207. The van der Waals surface area contributed by atoms with E-state index in [1.165, 1.54) is 0 Å². The first kappa shape index (κ1) is 12.4. The van der Waals surface area contributed by atoms with Crippen molar-refractivity contribution in [2.45, 2.75) is 19.3 Å². The van der Waals surface area contributed by atoms with Crippen molar-refractivity contribution in [2.24, 2.45) is 5.73 Å². The highest BCUT2D eigenvalue weighted by Gasteiger charge is 2.06. The van der Waals surface area contributed by atoms with Gasteiger partial charge >= 0.3 is 0 Å². The van der Waals surface area contributed by atoms with Crippen molar-refractivity contribution in [3.8, 4) is 0 Å². The predicted molar refractivity (Wildman–Crippen MR) is 54.5 cm³/mol. The van der Waals surface area contributed by atoms with Crippen LogP contribution in [-0.2, 0) is 4.79 Å². The van der Waals surface area contributed by atoms with Crippen LogP contribution in [0.25, 0.3) is 0 Å². The summed E-state index contributed by atoms with van der Waals surface area (Å²) in [5.74, 6) is 0.196. The molecule has 78 valence electrons. The molecule has 0 rings (SSSR count). The minimum atomic E-state index is 0.196. The number of hydrogen-bond donors (Lipinski definition) is 2. The molecule has 1 amide bonds. The van der Waals surface area contributed by atoms with E-state index in [-0.39, 0.29) is 5.91 Å². The normalized spacial score (nSPS) is 10.1. The molecule has 0 unspecified atom stereocenters. The van der Waals surface area contributed by atoms with Gasteiger partial charge in [0.1, 0.15) is 0 Å². The standard InChI is InChI=1S/C9H21N3O/c1-11-7-4-8-12(2)9(13)5-3-6-10/h11H,3-8,10H2,1-2H3. The second kappa shape index (κ2) is 8.01. The van der Waals surface area contributed by atoms with E-state index >= 15 is 0 Å². The van der Waals surface area contributed by atoms with Crippen molar-refractivity contribution in [2.75, 3.05) is 33.7 Å². The number of hydrogen-bond acceptors (Lipinski definition) is 3. The summed E-state index contributed by atoms with van der Waals surface area (Å²) in [6.07, 6.45) is 2.36. The molecule has 4 heteroatoms. The van der Waals surface area contributed by atoms with Crippen molar-refractivity contribution >= 4 is 5.91 Å². The first-order valence-corrected chi connectivity index (χ1v) is 4.81. The van der Waals surface area contributed by atoms with Gasteiger partial charge in [0.15, 0.2) is 0 Å². The smallest absolute Gasteiger partial charge is 0.222 e.